The summed E-state index contributed by atoms with van der Waals surface area (Å²) in [4.78, 5) is 19.4. The topological polar surface area (TPSA) is 60.6 Å². The molecule has 0 aliphatic carbocycles. The standard InChI is InChI=1S/C39H47N5/c1-2-3-4-5-6-7-8-9-10-11-12-13-24-44-25-22-30(23-26-44)39-37-20-18-35(42-37)28-33-16-14-31(40-33)27-32-15-17-34(41-32)29-36-19-21-38(39)43-36/h14-23,25,27-29,40,42H,2-13,24,26H2,1H3. The molecule has 5 nitrogen and oxygen atoms in total. The highest BCUT2D eigenvalue weighted by Crippen LogP contribution is 2.29. The van der Waals surface area contributed by atoms with E-state index in [9.17, 15) is 0 Å². The quantitative estimate of drug-likeness (QED) is 0.127. The van der Waals surface area contributed by atoms with Crippen LogP contribution >= 0.6 is 0 Å². The van der Waals surface area contributed by atoms with Gasteiger partial charge in [-0.25, -0.2) is 9.97 Å². The average Bonchev–Trinajstić information content (AvgIpc) is 3.85. The van der Waals surface area contributed by atoms with Crippen LogP contribution in [0.15, 0.2) is 60.8 Å². The van der Waals surface area contributed by atoms with Gasteiger partial charge in [0.1, 0.15) is 0 Å². The van der Waals surface area contributed by atoms with E-state index in [1.54, 1.807) is 0 Å². The molecule has 0 saturated heterocycles. The summed E-state index contributed by atoms with van der Waals surface area (Å²) in [6, 6.07) is 14.8. The van der Waals surface area contributed by atoms with Crippen molar-refractivity contribution in [3.8, 4) is 0 Å². The van der Waals surface area contributed by atoms with Crippen LogP contribution in [0.25, 0.3) is 51.9 Å². The van der Waals surface area contributed by atoms with Crippen LogP contribution in [0, 0.1) is 0 Å². The Bertz CT molecular complexity index is 1700. The summed E-state index contributed by atoms with van der Waals surface area (Å²) in [6.07, 6.45) is 31.8. The lowest BCUT2D eigenvalue weighted by atomic mass is 10.0. The van der Waals surface area contributed by atoms with E-state index < -0.39 is 0 Å². The number of aromatic amines is 2. The van der Waals surface area contributed by atoms with Crippen LogP contribution in [0.4, 0.5) is 0 Å². The smallest absolute Gasteiger partial charge is 0.0736 e. The molecule has 44 heavy (non-hydrogen) atoms. The van der Waals surface area contributed by atoms with Crippen LogP contribution in [-0.2, 0) is 0 Å². The Labute approximate surface area is 262 Å². The van der Waals surface area contributed by atoms with Crippen LogP contribution in [-0.4, -0.2) is 37.9 Å². The van der Waals surface area contributed by atoms with Gasteiger partial charge in [-0.1, -0.05) is 83.6 Å². The molecule has 3 aliphatic heterocycles. The molecule has 0 atom stereocenters. The van der Waals surface area contributed by atoms with Crippen LogP contribution in [0.3, 0.4) is 0 Å². The van der Waals surface area contributed by atoms with Crippen molar-refractivity contribution in [3.63, 3.8) is 0 Å². The molecular weight excluding hydrogens is 538 g/mol. The first-order valence-corrected chi connectivity index (χ1v) is 16.9. The van der Waals surface area contributed by atoms with Crippen LogP contribution < -0.4 is 0 Å². The summed E-state index contributed by atoms with van der Waals surface area (Å²) >= 11 is 0. The van der Waals surface area contributed by atoms with Crippen molar-refractivity contribution in [1.82, 2.24) is 24.8 Å². The minimum atomic E-state index is 0.917. The van der Waals surface area contributed by atoms with E-state index >= 15 is 0 Å². The Kier molecular flexibility index (Phi) is 10.2. The van der Waals surface area contributed by atoms with Gasteiger partial charge in [-0.15, -0.1) is 0 Å². The molecule has 0 spiro atoms. The fourth-order valence-electron chi connectivity index (χ4n) is 6.35. The lowest BCUT2D eigenvalue weighted by molar-refractivity contribution is 0.393. The van der Waals surface area contributed by atoms with Gasteiger partial charge in [-0.3, -0.25) is 0 Å². The molecule has 0 amide bonds. The summed E-state index contributed by atoms with van der Waals surface area (Å²) in [5, 5.41) is 0. The number of hydrogen-bond acceptors (Lipinski definition) is 3. The maximum absolute atomic E-state index is 5.04. The fourth-order valence-corrected chi connectivity index (χ4v) is 6.35. The molecule has 3 aromatic heterocycles. The van der Waals surface area contributed by atoms with Gasteiger partial charge in [0.25, 0.3) is 0 Å². The molecule has 0 aromatic carbocycles. The van der Waals surface area contributed by atoms with E-state index in [0.29, 0.717) is 0 Å². The van der Waals surface area contributed by atoms with Crippen molar-refractivity contribution < 1.29 is 0 Å². The molecule has 0 radical (unpaired) electrons. The minimum absolute atomic E-state index is 0.917. The second-order valence-electron chi connectivity index (χ2n) is 12.4. The van der Waals surface area contributed by atoms with Gasteiger partial charge in [-0.2, -0.15) is 0 Å². The van der Waals surface area contributed by atoms with Crippen molar-refractivity contribution in [2.24, 2.45) is 0 Å². The predicted octanol–water partition coefficient (Wildman–Crippen LogP) is 10.6. The number of aromatic nitrogens is 4. The first-order valence-electron chi connectivity index (χ1n) is 16.9. The second kappa shape index (κ2) is 15.1. The van der Waals surface area contributed by atoms with E-state index in [0.717, 1.165) is 63.5 Å². The molecule has 5 heteroatoms. The summed E-state index contributed by atoms with van der Waals surface area (Å²) in [5.41, 5.74) is 10.3. The summed E-state index contributed by atoms with van der Waals surface area (Å²) in [7, 11) is 0. The minimum Gasteiger partial charge on any atom is -0.374 e. The Hall–Kier alpha value is -4.12. The lowest BCUT2D eigenvalue weighted by Gasteiger charge is -2.23. The molecule has 2 N–H and O–H groups in total. The number of rotatable bonds is 14. The SMILES string of the molecule is CCCCCCCCCCCCCCN1C=CC(c2c3nc(cc4nc(cc5ccc(cc6ccc2[nH]6)[nH]5)C=C4)C=C3)=CC1. The zero-order valence-electron chi connectivity index (χ0n) is 26.3. The van der Waals surface area contributed by atoms with Crippen molar-refractivity contribution in [2.45, 2.75) is 84.0 Å². The van der Waals surface area contributed by atoms with Crippen molar-refractivity contribution in [2.75, 3.05) is 13.1 Å². The Balaban J connectivity index is 1.11. The molecule has 228 valence electrons. The number of nitrogens with zero attached hydrogens (tertiary/aromatic N) is 3. The number of unbranched alkanes of at least 4 members (excludes halogenated alkanes) is 11. The third-order valence-electron chi connectivity index (χ3n) is 8.82. The van der Waals surface area contributed by atoms with E-state index in [1.807, 2.05) is 12.2 Å². The Morgan fingerprint density at radius 1 is 0.614 bits per heavy atom. The highest BCUT2D eigenvalue weighted by molar-refractivity contribution is 5.91. The highest BCUT2D eigenvalue weighted by Gasteiger charge is 2.14. The highest BCUT2D eigenvalue weighted by atomic mass is 15.1. The van der Waals surface area contributed by atoms with Gasteiger partial charge in [0.05, 0.1) is 22.8 Å². The zero-order valence-corrected chi connectivity index (χ0v) is 26.3. The van der Waals surface area contributed by atoms with Crippen molar-refractivity contribution >= 4 is 51.9 Å². The fraction of sp³-hybridized carbons (Fsp3) is 0.385. The third kappa shape index (κ3) is 8.07. The molecule has 6 rings (SSSR count). The molecule has 3 aliphatic rings. The molecule has 3 aromatic rings. The monoisotopic (exact) mass is 585 g/mol. The van der Waals surface area contributed by atoms with Crippen LogP contribution in [0.1, 0.15) is 112 Å². The summed E-state index contributed by atoms with van der Waals surface area (Å²) in [6.45, 7) is 4.33. The number of hydrogen-bond donors (Lipinski definition) is 2. The Morgan fingerprint density at radius 2 is 1.23 bits per heavy atom. The van der Waals surface area contributed by atoms with Crippen LogP contribution in [0.5, 0.6) is 0 Å². The van der Waals surface area contributed by atoms with Gasteiger partial charge in [0, 0.05) is 40.7 Å². The molecule has 6 heterocycles. The molecule has 0 fully saturated rings. The number of nitrogens with one attached hydrogen (secondary N) is 2. The van der Waals surface area contributed by atoms with E-state index in [-0.39, 0.29) is 0 Å². The van der Waals surface area contributed by atoms with Gasteiger partial charge >= 0.3 is 0 Å². The number of allylic oxidation sites excluding steroid dienone is 2. The molecule has 0 saturated carbocycles. The second-order valence-corrected chi connectivity index (χ2v) is 12.4. The predicted molar refractivity (Wildman–Crippen MR) is 189 cm³/mol. The number of fused-ring (bicyclic) bond motifs is 8. The zero-order chi connectivity index (χ0) is 30.0. The number of H-pyrrole nitrogens is 2. The lowest BCUT2D eigenvalue weighted by Crippen LogP contribution is -2.21. The van der Waals surface area contributed by atoms with E-state index in [1.165, 1.54) is 82.6 Å². The summed E-state index contributed by atoms with van der Waals surface area (Å²) in [5.74, 6) is 0. The maximum atomic E-state index is 5.04. The normalized spacial score (nSPS) is 14.0. The first kappa shape index (κ1) is 29.9. The maximum Gasteiger partial charge on any atom is 0.0736 e. The average molecular weight is 586 g/mol. The molecule has 0 unspecified atom stereocenters. The summed E-state index contributed by atoms with van der Waals surface area (Å²) < 4.78 is 0. The van der Waals surface area contributed by atoms with Gasteiger partial charge in [-0.05, 0) is 91.0 Å². The van der Waals surface area contributed by atoms with Gasteiger partial charge in [0.15, 0.2) is 0 Å². The Morgan fingerprint density at radius 3 is 1.95 bits per heavy atom. The third-order valence-corrected chi connectivity index (χ3v) is 8.82. The van der Waals surface area contributed by atoms with E-state index in [4.69, 9.17) is 9.97 Å². The van der Waals surface area contributed by atoms with Crippen molar-refractivity contribution in [1.29, 1.82) is 0 Å². The first-order chi connectivity index (χ1) is 21.7. The van der Waals surface area contributed by atoms with Crippen molar-refractivity contribution in [3.05, 3.63) is 89.2 Å². The van der Waals surface area contributed by atoms with E-state index in [2.05, 4.69) is 94.8 Å². The van der Waals surface area contributed by atoms with Gasteiger partial charge < -0.3 is 14.9 Å². The van der Waals surface area contributed by atoms with Crippen LogP contribution in [0.2, 0.25) is 0 Å². The van der Waals surface area contributed by atoms with Gasteiger partial charge in [0.2, 0.25) is 0 Å². The largest absolute Gasteiger partial charge is 0.374 e. The molecular formula is C39H47N5. The molecule has 8 bridgehead atoms.